The predicted molar refractivity (Wildman–Crippen MR) is 48.5 cm³/mol. The first-order valence-electron chi connectivity index (χ1n) is 4.40. The second kappa shape index (κ2) is 3.38. The molecular weight excluding hydrogens is 185 g/mol. The average Bonchev–Trinajstić information content (AvgIpc) is 2.16. The molecule has 0 unspecified atom stereocenters. The number of hydrogen-bond donors (Lipinski definition) is 2. The van der Waals surface area contributed by atoms with E-state index in [0.717, 1.165) is 11.1 Å². The summed E-state index contributed by atoms with van der Waals surface area (Å²) in [5, 5.41) is 11.9. The van der Waals surface area contributed by atoms with Crippen molar-refractivity contribution in [2.24, 2.45) is 0 Å². The molecule has 0 saturated heterocycles. The fraction of sp³-hybridized carbons (Fsp3) is 0.300. The van der Waals surface area contributed by atoms with Gasteiger partial charge in [0.2, 0.25) is 0 Å². The Bertz CT molecular complexity index is 378. The predicted octanol–water partition coefficient (Wildman–Crippen LogP) is 1.10. The lowest BCUT2D eigenvalue weighted by molar-refractivity contribution is -0.138. The van der Waals surface area contributed by atoms with Crippen molar-refractivity contribution in [3.8, 4) is 0 Å². The zero-order valence-corrected chi connectivity index (χ0v) is 7.46. The van der Waals surface area contributed by atoms with Gasteiger partial charge in [-0.2, -0.15) is 0 Å². The molecule has 2 N–H and O–H groups in total. The number of halogens is 1. The Morgan fingerprint density at radius 2 is 2.36 bits per heavy atom. The van der Waals surface area contributed by atoms with E-state index < -0.39 is 11.9 Å². The first-order chi connectivity index (χ1) is 6.68. The monoisotopic (exact) mass is 195 g/mol. The number of carbonyl (C=O) groups is 1. The molecule has 1 atom stereocenters. The van der Waals surface area contributed by atoms with Crippen LogP contribution in [0.25, 0.3) is 0 Å². The molecule has 4 heteroatoms. The molecule has 0 bridgehead atoms. The molecule has 1 heterocycles. The van der Waals surface area contributed by atoms with Gasteiger partial charge in [-0.25, -0.2) is 4.39 Å². The van der Waals surface area contributed by atoms with Gasteiger partial charge in [-0.15, -0.1) is 0 Å². The van der Waals surface area contributed by atoms with Gasteiger partial charge in [-0.3, -0.25) is 4.79 Å². The van der Waals surface area contributed by atoms with E-state index in [1.807, 2.05) is 0 Å². The van der Waals surface area contributed by atoms with Crippen LogP contribution in [0, 0.1) is 5.82 Å². The fourth-order valence-corrected chi connectivity index (χ4v) is 1.75. The third-order valence-corrected chi connectivity index (χ3v) is 2.44. The minimum Gasteiger partial charge on any atom is -0.481 e. The van der Waals surface area contributed by atoms with Crippen molar-refractivity contribution >= 4 is 5.97 Å². The van der Waals surface area contributed by atoms with E-state index in [1.54, 1.807) is 6.07 Å². The summed E-state index contributed by atoms with van der Waals surface area (Å²) in [5.74, 6) is -1.75. The Kier molecular flexibility index (Phi) is 2.21. The number of aliphatic carboxylic acids is 1. The van der Waals surface area contributed by atoms with E-state index in [4.69, 9.17) is 5.11 Å². The highest BCUT2D eigenvalue weighted by Gasteiger charge is 2.25. The first kappa shape index (κ1) is 9.15. The van der Waals surface area contributed by atoms with E-state index >= 15 is 0 Å². The topological polar surface area (TPSA) is 49.3 Å². The summed E-state index contributed by atoms with van der Waals surface area (Å²) in [4.78, 5) is 10.9. The van der Waals surface area contributed by atoms with Crippen molar-refractivity contribution in [2.45, 2.75) is 12.5 Å². The molecule has 0 amide bonds. The van der Waals surface area contributed by atoms with Crippen LogP contribution in [0.15, 0.2) is 18.2 Å². The quantitative estimate of drug-likeness (QED) is 0.705. The van der Waals surface area contributed by atoms with Crippen LogP contribution in [0.1, 0.15) is 17.0 Å². The summed E-state index contributed by atoms with van der Waals surface area (Å²) < 4.78 is 12.8. The standard InChI is InChI=1S/C10H10FNO2/c11-7-1-2-8-6(3-7)4-12-5-9(8)10(13)14/h1-3,9,12H,4-5H2,(H,13,14)/t9-/m0/s1. The molecule has 74 valence electrons. The molecular formula is C10H10FNO2. The Morgan fingerprint density at radius 3 is 3.07 bits per heavy atom. The maximum absolute atomic E-state index is 12.8. The lowest BCUT2D eigenvalue weighted by Gasteiger charge is -2.23. The minimum atomic E-state index is -0.870. The van der Waals surface area contributed by atoms with Crippen molar-refractivity contribution in [3.05, 3.63) is 35.1 Å². The van der Waals surface area contributed by atoms with E-state index in [0.29, 0.717) is 13.1 Å². The van der Waals surface area contributed by atoms with Gasteiger partial charge in [0.15, 0.2) is 0 Å². The Morgan fingerprint density at radius 1 is 1.57 bits per heavy atom. The summed E-state index contributed by atoms with van der Waals surface area (Å²) in [6.07, 6.45) is 0. The number of carboxylic acid groups (broad SMARTS) is 1. The number of nitrogens with one attached hydrogen (secondary N) is 1. The molecule has 0 aromatic heterocycles. The van der Waals surface area contributed by atoms with Crippen LogP contribution in [-0.2, 0) is 11.3 Å². The van der Waals surface area contributed by atoms with Gasteiger partial charge >= 0.3 is 5.97 Å². The number of rotatable bonds is 1. The molecule has 0 saturated carbocycles. The molecule has 3 nitrogen and oxygen atoms in total. The van der Waals surface area contributed by atoms with Crippen molar-refractivity contribution in [1.29, 1.82) is 0 Å². The highest BCUT2D eigenvalue weighted by molar-refractivity contribution is 5.77. The zero-order chi connectivity index (χ0) is 10.1. The molecule has 1 aliphatic rings. The summed E-state index contributed by atoms with van der Waals surface area (Å²) in [6, 6.07) is 4.25. The molecule has 1 aliphatic heterocycles. The summed E-state index contributed by atoms with van der Waals surface area (Å²) in [7, 11) is 0. The molecule has 1 aromatic rings. The van der Waals surface area contributed by atoms with Gasteiger partial charge < -0.3 is 10.4 Å². The second-order valence-corrected chi connectivity index (χ2v) is 3.36. The second-order valence-electron chi connectivity index (χ2n) is 3.36. The van der Waals surface area contributed by atoms with Gasteiger partial charge in [0.1, 0.15) is 5.82 Å². The highest BCUT2D eigenvalue weighted by Crippen LogP contribution is 2.24. The van der Waals surface area contributed by atoms with Crippen LogP contribution >= 0.6 is 0 Å². The van der Waals surface area contributed by atoms with Crippen LogP contribution in [0.3, 0.4) is 0 Å². The summed E-state index contributed by atoms with van der Waals surface area (Å²) in [5.41, 5.74) is 1.46. The van der Waals surface area contributed by atoms with Crippen LogP contribution < -0.4 is 5.32 Å². The highest BCUT2D eigenvalue weighted by atomic mass is 19.1. The summed E-state index contributed by atoms with van der Waals surface area (Å²) >= 11 is 0. The minimum absolute atomic E-state index is 0.323. The van der Waals surface area contributed by atoms with Gasteiger partial charge in [-0.1, -0.05) is 6.07 Å². The number of carboxylic acids is 1. The molecule has 14 heavy (non-hydrogen) atoms. The fourth-order valence-electron chi connectivity index (χ4n) is 1.75. The maximum atomic E-state index is 12.8. The summed E-state index contributed by atoms with van der Waals surface area (Å²) in [6.45, 7) is 0.949. The molecule has 0 radical (unpaired) electrons. The first-order valence-corrected chi connectivity index (χ1v) is 4.40. The Balaban J connectivity index is 2.44. The van der Waals surface area contributed by atoms with Crippen LogP contribution in [0.4, 0.5) is 4.39 Å². The average molecular weight is 195 g/mol. The number of benzene rings is 1. The lowest BCUT2D eigenvalue weighted by Crippen LogP contribution is -2.32. The smallest absolute Gasteiger partial charge is 0.312 e. The molecule has 2 rings (SSSR count). The number of fused-ring (bicyclic) bond motifs is 1. The van der Waals surface area contributed by atoms with E-state index in [1.165, 1.54) is 12.1 Å². The van der Waals surface area contributed by atoms with Gasteiger partial charge in [0.05, 0.1) is 5.92 Å². The zero-order valence-electron chi connectivity index (χ0n) is 7.46. The normalized spacial score (nSPS) is 20.2. The van der Waals surface area contributed by atoms with Gasteiger partial charge in [-0.05, 0) is 23.3 Å². The van der Waals surface area contributed by atoms with Gasteiger partial charge in [0, 0.05) is 13.1 Å². The Labute approximate surface area is 80.6 Å². The van der Waals surface area contributed by atoms with Crippen molar-refractivity contribution in [3.63, 3.8) is 0 Å². The molecule has 1 aromatic carbocycles. The van der Waals surface area contributed by atoms with Gasteiger partial charge in [0.25, 0.3) is 0 Å². The SMILES string of the molecule is O=C(O)[C@H]1CNCc2cc(F)ccc21. The van der Waals surface area contributed by atoms with Crippen LogP contribution in [0.5, 0.6) is 0 Å². The van der Waals surface area contributed by atoms with Crippen LogP contribution in [0.2, 0.25) is 0 Å². The lowest BCUT2D eigenvalue weighted by atomic mass is 9.91. The molecule has 0 fully saturated rings. The van der Waals surface area contributed by atoms with E-state index in [-0.39, 0.29) is 5.82 Å². The van der Waals surface area contributed by atoms with Crippen molar-refractivity contribution in [2.75, 3.05) is 6.54 Å². The van der Waals surface area contributed by atoms with E-state index in [9.17, 15) is 9.18 Å². The Hall–Kier alpha value is -1.42. The molecule has 0 spiro atoms. The largest absolute Gasteiger partial charge is 0.481 e. The number of hydrogen-bond acceptors (Lipinski definition) is 2. The maximum Gasteiger partial charge on any atom is 0.312 e. The van der Waals surface area contributed by atoms with E-state index in [2.05, 4.69) is 5.32 Å². The van der Waals surface area contributed by atoms with Crippen LogP contribution in [-0.4, -0.2) is 17.6 Å². The van der Waals surface area contributed by atoms with Crippen molar-refractivity contribution < 1.29 is 14.3 Å². The third-order valence-electron chi connectivity index (χ3n) is 2.44. The molecule has 0 aliphatic carbocycles. The van der Waals surface area contributed by atoms with Crippen molar-refractivity contribution in [1.82, 2.24) is 5.32 Å². The third kappa shape index (κ3) is 1.48.